The first-order valence-electron chi connectivity index (χ1n) is 6.34. The first kappa shape index (κ1) is 10.7. The molecule has 1 aliphatic heterocycles. The normalized spacial score (nSPS) is 31.4. The van der Waals surface area contributed by atoms with E-state index in [4.69, 9.17) is 0 Å². The fourth-order valence-corrected chi connectivity index (χ4v) is 3.86. The molecule has 1 fully saturated rings. The van der Waals surface area contributed by atoms with Gasteiger partial charge in [0.15, 0.2) is 0 Å². The number of benzene rings is 1. The van der Waals surface area contributed by atoms with E-state index in [1.165, 1.54) is 30.7 Å². The monoisotopic (exact) mass is 233 g/mol. The van der Waals surface area contributed by atoms with E-state index in [-0.39, 0.29) is 0 Å². The van der Waals surface area contributed by atoms with E-state index in [0.29, 0.717) is 0 Å². The average Bonchev–Trinajstić information content (AvgIpc) is 2.95. The van der Waals surface area contributed by atoms with Crippen molar-refractivity contribution in [2.24, 2.45) is 5.92 Å². The van der Waals surface area contributed by atoms with Gasteiger partial charge in [-0.2, -0.15) is 0 Å². The molecule has 2 heteroatoms. The van der Waals surface area contributed by atoms with Crippen molar-refractivity contribution >= 4 is 11.8 Å². The molecule has 1 aromatic rings. The van der Waals surface area contributed by atoms with Crippen molar-refractivity contribution in [3.8, 4) is 0 Å². The van der Waals surface area contributed by atoms with Gasteiger partial charge in [0.25, 0.3) is 0 Å². The maximum Gasteiger partial charge on any atom is 0.0260 e. The molecule has 1 N–H and O–H groups in total. The molecule has 16 heavy (non-hydrogen) atoms. The largest absolute Gasteiger partial charge is 0.313 e. The Morgan fingerprint density at radius 3 is 3.00 bits per heavy atom. The summed E-state index contributed by atoms with van der Waals surface area (Å²) in [6.07, 6.45) is 3.99. The fraction of sp³-hybridized carbons (Fsp3) is 0.571. The van der Waals surface area contributed by atoms with Crippen LogP contribution in [0.15, 0.2) is 29.2 Å². The Balaban J connectivity index is 1.49. The van der Waals surface area contributed by atoms with Crippen molar-refractivity contribution in [2.45, 2.75) is 42.4 Å². The summed E-state index contributed by atoms with van der Waals surface area (Å²) in [4.78, 5) is 1.50. The lowest BCUT2D eigenvalue weighted by Gasteiger charge is -2.09. The molecule has 1 aliphatic carbocycles. The van der Waals surface area contributed by atoms with Crippen molar-refractivity contribution < 1.29 is 0 Å². The minimum absolute atomic E-state index is 0.760. The predicted molar refractivity (Wildman–Crippen MR) is 70.0 cm³/mol. The quantitative estimate of drug-likeness (QED) is 0.857. The molecule has 3 unspecified atom stereocenters. The molecule has 0 saturated heterocycles. The molecular formula is C14H19NS. The first-order valence-corrected chi connectivity index (χ1v) is 7.22. The lowest BCUT2D eigenvalue weighted by molar-refractivity contribution is 0.611. The standard InChI is InChI=1S/C14H19NS/c1-2-10-8-13(10)15-9-12-7-11-5-3-4-6-14(11)16-12/h3-6,10,12-13,15H,2,7-9H2,1H3. The molecule has 1 nitrogen and oxygen atoms in total. The van der Waals surface area contributed by atoms with E-state index >= 15 is 0 Å². The molecule has 1 aromatic carbocycles. The predicted octanol–water partition coefficient (Wildman–Crippen LogP) is 3.09. The van der Waals surface area contributed by atoms with Crippen LogP contribution < -0.4 is 5.32 Å². The minimum Gasteiger partial charge on any atom is -0.313 e. The molecule has 0 amide bonds. The number of hydrogen-bond acceptors (Lipinski definition) is 2. The third-order valence-corrected chi connectivity index (χ3v) is 5.09. The van der Waals surface area contributed by atoms with Gasteiger partial charge in [0.05, 0.1) is 0 Å². The molecule has 0 aromatic heterocycles. The average molecular weight is 233 g/mol. The Morgan fingerprint density at radius 1 is 1.38 bits per heavy atom. The minimum atomic E-state index is 0.760. The second-order valence-electron chi connectivity index (χ2n) is 4.97. The second kappa shape index (κ2) is 4.42. The number of hydrogen-bond donors (Lipinski definition) is 1. The highest BCUT2D eigenvalue weighted by molar-refractivity contribution is 8.00. The van der Waals surface area contributed by atoms with Crippen LogP contribution in [-0.4, -0.2) is 17.8 Å². The Kier molecular flexibility index (Phi) is 2.95. The van der Waals surface area contributed by atoms with Crippen LogP contribution in [0.2, 0.25) is 0 Å². The van der Waals surface area contributed by atoms with Crippen molar-refractivity contribution in [2.75, 3.05) is 6.54 Å². The van der Waals surface area contributed by atoms with Crippen molar-refractivity contribution in [1.82, 2.24) is 5.32 Å². The van der Waals surface area contributed by atoms with E-state index < -0.39 is 0 Å². The summed E-state index contributed by atoms with van der Waals surface area (Å²) in [7, 11) is 0. The highest BCUT2D eigenvalue weighted by Gasteiger charge is 2.35. The van der Waals surface area contributed by atoms with Crippen LogP contribution in [-0.2, 0) is 6.42 Å². The van der Waals surface area contributed by atoms with E-state index in [1.807, 2.05) is 0 Å². The molecule has 1 heterocycles. The molecule has 2 aliphatic rings. The van der Waals surface area contributed by atoms with Crippen LogP contribution >= 0.6 is 11.8 Å². The Hall–Kier alpha value is -0.470. The summed E-state index contributed by atoms with van der Waals surface area (Å²) < 4.78 is 0. The zero-order valence-electron chi connectivity index (χ0n) is 9.78. The third kappa shape index (κ3) is 2.14. The van der Waals surface area contributed by atoms with Gasteiger partial charge in [-0.05, 0) is 30.4 Å². The summed E-state index contributed by atoms with van der Waals surface area (Å²) in [5, 5.41) is 4.47. The highest BCUT2D eigenvalue weighted by Crippen LogP contribution is 2.38. The maximum atomic E-state index is 3.71. The number of fused-ring (bicyclic) bond motifs is 1. The van der Waals surface area contributed by atoms with E-state index in [2.05, 4.69) is 48.3 Å². The molecule has 0 bridgehead atoms. The molecular weight excluding hydrogens is 214 g/mol. The van der Waals surface area contributed by atoms with E-state index in [1.54, 1.807) is 5.56 Å². The third-order valence-electron chi connectivity index (χ3n) is 3.77. The summed E-state index contributed by atoms with van der Waals surface area (Å²) >= 11 is 2.05. The zero-order valence-corrected chi connectivity index (χ0v) is 10.6. The van der Waals surface area contributed by atoms with E-state index in [0.717, 1.165) is 17.2 Å². The lowest BCUT2D eigenvalue weighted by Crippen LogP contribution is -2.27. The SMILES string of the molecule is CCC1CC1NCC1Cc2ccccc2S1. The molecule has 3 rings (SSSR count). The smallest absolute Gasteiger partial charge is 0.0260 e. The maximum absolute atomic E-state index is 3.71. The Morgan fingerprint density at radius 2 is 2.25 bits per heavy atom. The van der Waals surface area contributed by atoms with E-state index in [9.17, 15) is 0 Å². The van der Waals surface area contributed by atoms with Gasteiger partial charge in [-0.15, -0.1) is 11.8 Å². The topological polar surface area (TPSA) is 12.0 Å². The van der Waals surface area contributed by atoms with Gasteiger partial charge < -0.3 is 5.32 Å². The highest BCUT2D eigenvalue weighted by atomic mass is 32.2. The van der Waals surface area contributed by atoms with Gasteiger partial charge in [-0.25, -0.2) is 0 Å². The van der Waals surface area contributed by atoms with Crippen LogP contribution in [0, 0.1) is 5.92 Å². The second-order valence-corrected chi connectivity index (χ2v) is 6.31. The fourth-order valence-electron chi connectivity index (χ4n) is 2.60. The van der Waals surface area contributed by atoms with Crippen LogP contribution in [0.1, 0.15) is 25.3 Å². The Bertz CT molecular complexity index is 352. The van der Waals surface area contributed by atoms with Gasteiger partial charge in [-0.1, -0.05) is 31.5 Å². The lowest BCUT2D eigenvalue weighted by atomic mass is 10.1. The number of thioether (sulfide) groups is 1. The molecule has 1 saturated carbocycles. The molecule has 3 atom stereocenters. The van der Waals surface area contributed by atoms with Gasteiger partial charge >= 0.3 is 0 Å². The van der Waals surface area contributed by atoms with Crippen molar-refractivity contribution in [1.29, 1.82) is 0 Å². The Labute approximate surface area is 102 Å². The number of rotatable bonds is 4. The van der Waals surface area contributed by atoms with Gasteiger partial charge in [0, 0.05) is 22.7 Å². The van der Waals surface area contributed by atoms with Gasteiger partial charge in [0.2, 0.25) is 0 Å². The van der Waals surface area contributed by atoms with Crippen LogP contribution in [0.25, 0.3) is 0 Å². The molecule has 0 radical (unpaired) electrons. The molecule has 0 spiro atoms. The van der Waals surface area contributed by atoms with Crippen molar-refractivity contribution in [3.05, 3.63) is 29.8 Å². The molecule has 86 valence electrons. The summed E-state index contributed by atoms with van der Waals surface area (Å²) in [6.45, 7) is 3.48. The summed E-state index contributed by atoms with van der Waals surface area (Å²) in [5.74, 6) is 0.966. The summed E-state index contributed by atoms with van der Waals surface area (Å²) in [6, 6.07) is 9.66. The van der Waals surface area contributed by atoms with Gasteiger partial charge in [-0.3, -0.25) is 0 Å². The van der Waals surface area contributed by atoms with Crippen molar-refractivity contribution in [3.63, 3.8) is 0 Å². The zero-order chi connectivity index (χ0) is 11.0. The van der Waals surface area contributed by atoms with Crippen LogP contribution in [0.3, 0.4) is 0 Å². The van der Waals surface area contributed by atoms with Crippen LogP contribution in [0.5, 0.6) is 0 Å². The van der Waals surface area contributed by atoms with Crippen LogP contribution in [0.4, 0.5) is 0 Å². The summed E-state index contributed by atoms with van der Waals surface area (Å²) in [5.41, 5.74) is 1.54. The number of nitrogens with one attached hydrogen (secondary N) is 1. The van der Waals surface area contributed by atoms with Gasteiger partial charge in [0.1, 0.15) is 0 Å². The first-order chi connectivity index (χ1) is 7.86.